The Morgan fingerprint density at radius 3 is 2.52 bits per heavy atom. The predicted octanol–water partition coefficient (Wildman–Crippen LogP) is 3.94. The number of carbonyl (C=O) groups is 2. The molecule has 8 heteroatoms. The predicted molar refractivity (Wildman–Crippen MR) is 106 cm³/mol. The van der Waals surface area contributed by atoms with Gasteiger partial charge in [0, 0.05) is 11.3 Å². The Bertz CT molecular complexity index is 1070. The summed E-state index contributed by atoms with van der Waals surface area (Å²) in [5.41, 5.74) is 2.87. The molecule has 6 nitrogen and oxygen atoms in total. The number of phenols is 1. The number of benzene rings is 3. The number of anilines is 1. The first-order valence-corrected chi connectivity index (χ1v) is 8.51. The van der Waals surface area contributed by atoms with Gasteiger partial charge in [0.05, 0.1) is 16.3 Å². The molecule has 0 aliphatic heterocycles. The molecule has 0 heterocycles. The molecule has 3 N–H and O–H groups in total. The Morgan fingerprint density at radius 1 is 0.963 bits per heavy atom. The van der Waals surface area contributed by atoms with E-state index in [9.17, 15) is 14.7 Å². The molecule has 3 rings (SSSR count). The van der Waals surface area contributed by atoms with Gasteiger partial charge < -0.3 is 10.4 Å². The number of carbonyl (C=O) groups excluding carboxylic acids is 2. The number of aromatic hydroxyl groups is 1. The van der Waals surface area contributed by atoms with Gasteiger partial charge in [-0.1, -0.05) is 53.5 Å². The van der Waals surface area contributed by atoms with E-state index in [-0.39, 0.29) is 10.8 Å². The van der Waals surface area contributed by atoms with E-state index in [0.717, 1.165) is 10.8 Å². The first-order chi connectivity index (χ1) is 13.0. The van der Waals surface area contributed by atoms with Crippen LogP contribution in [-0.4, -0.2) is 23.1 Å². The fourth-order valence-electron chi connectivity index (χ4n) is 2.39. The first kappa shape index (κ1) is 18.7. The van der Waals surface area contributed by atoms with E-state index in [2.05, 4.69) is 15.8 Å². The second kappa shape index (κ2) is 8.07. The smallest absolute Gasteiger partial charge is 0.329 e. The number of hydrazone groups is 1. The van der Waals surface area contributed by atoms with Gasteiger partial charge in [-0.25, -0.2) is 5.43 Å². The van der Waals surface area contributed by atoms with Gasteiger partial charge in [-0.05, 0) is 35.0 Å². The molecule has 0 aliphatic carbocycles. The molecule has 136 valence electrons. The van der Waals surface area contributed by atoms with E-state index in [1.54, 1.807) is 6.07 Å². The third-order valence-corrected chi connectivity index (χ3v) is 4.43. The SMILES string of the molecule is O=C(N/N=C\c1c(O)ccc2ccccc12)C(=O)Nc1ccc(Cl)c(Cl)c1. The minimum absolute atomic E-state index is 0.00644. The molecule has 3 aromatic rings. The number of phenolic OH excluding ortho intramolecular Hbond substituents is 1. The Morgan fingerprint density at radius 2 is 1.74 bits per heavy atom. The summed E-state index contributed by atoms with van der Waals surface area (Å²) in [6.45, 7) is 0. The summed E-state index contributed by atoms with van der Waals surface area (Å²) in [6.07, 6.45) is 1.28. The molecule has 27 heavy (non-hydrogen) atoms. The average Bonchev–Trinajstić information content (AvgIpc) is 2.66. The fourth-order valence-corrected chi connectivity index (χ4v) is 2.69. The second-order valence-corrected chi connectivity index (χ2v) is 6.32. The van der Waals surface area contributed by atoms with E-state index in [0.29, 0.717) is 16.3 Å². The summed E-state index contributed by atoms with van der Waals surface area (Å²) in [6, 6.07) is 15.1. The molecule has 0 aliphatic rings. The lowest BCUT2D eigenvalue weighted by molar-refractivity contribution is -0.136. The van der Waals surface area contributed by atoms with E-state index >= 15 is 0 Å². The van der Waals surface area contributed by atoms with Crippen molar-refractivity contribution in [1.29, 1.82) is 0 Å². The van der Waals surface area contributed by atoms with Crippen molar-refractivity contribution in [2.75, 3.05) is 5.32 Å². The summed E-state index contributed by atoms with van der Waals surface area (Å²) in [5, 5.41) is 18.4. The largest absolute Gasteiger partial charge is 0.507 e. The van der Waals surface area contributed by atoms with Crippen LogP contribution in [0, 0.1) is 0 Å². The lowest BCUT2D eigenvalue weighted by Crippen LogP contribution is -2.32. The highest BCUT2D eigenvalue weighted by Gasteiger charge is 2.13. The number of fused-ring (bicyclic) bond motifs is 1. The van der Waals surface area contributed by atoms with Crippen molar-refractivity contribution in [1.82, 2.24) is 5.43 Å². The van der Waals surface area contributed by atoms with E-state index in [4.69, 9.17) is 23.2 Å². The fraction of sp³-hybridized carbons (Fsp3) is 0. The van der Waals surface area contributed by atoms with Gasteiger partial charge in [-0.2, -0.15) is 5.10 Å². The van der Waals surface area contributed by atoms with Crippen molar-refractivity contribution in [3.05, 3.63) is 70.2 Å². The van der Waals surface area contributed by atoms with Crippen LogP contribution >= 0.6 is 23.2 Å². The molecule has 0 saturated heterocycles. The molecular formula is C19H13Cl2N3O3. The molecule has 0 atom stereocenters. The van der Waals surface area contributed by atoms with E-state index in [1.807, 2.05) is 24.3 Å². The topological polar surface area (TPSA) is 90.8 Å². The maximum absolute atomic E-state index is 11.9. The standard InChI is InChI=1S/C19H13Cl2N3O3/c20-15-7-6-12(9-16(15)21)23-18(26)19(27)24-22-10-14-13-4-2-1-3-11(13)5-8-17(14)25/h1-10,25H,(H,23,26)(H,24,27)/b22-10-. The highest BCUT2D eigenvalue weighted by atomic mass is 35.5. The normalized spacial score (nSPS) is 10.9. The number of amides is 2. The van der Waals surface area contributed by atoms with Crippen LogP contribution in [0.1, 0.15) is 5.56 Å². The molecular weight excluding hydrogens is 389 g/mol. The lowest BCUT2D eigenvalue weighted by atomic mass is 10.0. The Hall–Kier alpha value is -3.09. The highest BCUT2D eigenvalue weighted by molar-refractivity contribution is 6.43. The summed E-state index contributed by atoms with van der Waals surface area (Å²) in [7, 11) is 0. The van der Waals surface area contributed by atoms with Crippen LogP contribution in [0.25, 0.3) is 10.8 Å². The van der Waals surface area contributed by atoms with Crippen LogP contribution in [-0.2, 0) is 9.59 Å². The molecule has 3 aromatic carbocycles. The molecule has 0 aromatic heterocycles. The van der Waals surface area contributed by atoms with Gasteiger partial charge in [0.1, 0.15) is 5.75 Å². The zero-order chi connectivity index (χ0) is 19.4. The minimum Gasteiger partial charge on any atom is -0.507 e. The Balaban J connectivity index is 1.69. The summed E-state index contributed by atoms with van der Waals surface area (Å²) < 4.78 is 0. The number of hydrogen-bond acceptors (Lipinski definition) is 4. The number of halogens is 2. The maximum atomic E-state index is 11.9. The van der Waals surface area contributed by atoms with Gasteiger partial charge in [0.2, 0.25) is 0 Å². The van der Waals surface area contributed by atoms with Crippen LogP contribution in [0.5, 0.6) is 5.75 Å². The number of nitrogens with one attached hydrogen (secondary N) is 2. The van der Waals surface area contributed by atoms with Crippen molar-refractivity contribution < 1.29 is 14.7 Å². The molecule has 0 radical (unpaired) electrons. The van der Waals surface area contributed by atoms with E-state index < -0.39 is 11.8 Å². The summed E-state index contributed by atoms with van der Waals surface area (Å²) in [4.78, 5) is 23.8. The lowest BCUT2D eigenvalue weighted by Gasteiger charge is -2.06. The summed E-state index contributed by atoms with van der Waals surface area (Å²) in [5.74, 6) is -1.89. The molecule has 0 unspecified atom stereocenters. The van der Waals surface area contributed by atoms with Gasteiger partial charge in [-0.3, -0.25) is 9.59 Å². The molecule has 0 fully saturated rings. The van der Waals surface area contributed by atoms with Crippen molar-refractivity contribution in [3.63, 3.8) is 0 Å². The quantitative estimate of drug-likeness (QED) is 0.352. The van der Waals surface area contributed by atoms with Gasteiger partial charge >= 0.3 is 11.8 Å². The van der Waals surface area contributed by atoms with Gasteiger partial charge in [0.25, 0.3) is 0 Å². The number of hydrogen-bond donors (Lipinski definition) is 3. The van der Waals surface area contributed by atoms with Crippen LogP contribution in [0.2, 0.25) is 10.0 Å². The summed E-state index contributed by atoms with van der Waals surface area (Å²) >= 11 is 11.7. The van der Waals surface area contributed by atoms with Crippen LogP contribution < -0.4 is 10.7 Å². The minimum atomic E-state index is -0.975. The van der Waals surface area contributed by atoms with Gasteiger partial charge in [-0.15, -0.1) is 0 Å². The Kier molecular flexibility index (Phi) is 5.59. The Labute approximate surface area is 164 Å². The van der Waals surface area contributed by atoms with Crippen LogP contribution in [0.15, 0.2) is 59.7 Å². The van der Waals surface area contributed by atoms with Crippen molar-refractivity contribution in [2.45, 2.75) is 0 Å². The number of nitrogens with zero attached hydrogens (tertiary/aromatic N) is 1. The van der Waals surface area contributed by atoms with Crippen molar-refractivity contribution in [2.24, 2.45) is 5.10 Å². The molecule has 2 amide bonds. The average molecular weight is 402 g/mol. The molecule has 0 bridgehead atoms. The van der Waals surface area contributed by atoms with Crippen molar-refractivity contribution >= 4 is 57.7 Å². The zero-order valence-electron chi connectivity index (χ0n) is 13.7. The van der Waals surface area contributed by atoms with Crippen molar-refractivity contribution in [3.8, 4) is 5.75 Å². The molecule has 0 saturated carbocycles. The second-order valence-electron chi connectivity index (χ2n) is 5.50. The van der Waals surface area contributed by atoms with E-state index in [1.165, 1.54) is 30.5 Å². The highest BCUT2D eigenvalue weighted by Crippen LogP contribution is 2.26. The third kappa shape index (κ3) is 4.36. The van der Waals surface area contributed by atoms with Crippen LogP contribution in [0.3, 0.4) is 0 Å². The zero-order valence-corrected chi connectivity index (χ0v) is 15.3. The van der Waals surface area contributed by atoms with Crippen LogP contribution in [0.4, 0.5) is 5.69 Å². The third-order valence-electron chi connectivity index (χ3n) is 3.69. The monoisotopic (exact) mass is 401 g/mol. The first-order valence-electron chi connectivity index (χ1n) is 7.76. The van der Waals surface area contributed by atoms with Gasteiger partial charge in [0.15, 0.2) is 0 Å². The number of rotatable bonds is 3. The maximum Gasteiger partial charge on any atom is 0.329 e. The molecule has 0 spiro atoms.